The molecular weight excluding hydrogens is 254 g/mol. The SMILES string of the molecule is Cc1ccc(NC(=O)NCC2(CO)CCC2)cc1C#N. The van der Waals surface area contributed by atoms with Gasteiger partial charge in [-0.05, 0) is 37.5 Å². The summed E-state index contributed by atoms with van der Waals surface area (Å²) in [6, 6.07) is 7.00. The van der Waals surface area contributed by atoms with Crippen molar-refractivity contribution in [2.45, 2.75) is 26.2 Å². The van der Waals surface area contributed by atoms with E-state index in [0.717, 1.165) is 24.8 Å². The molecule has 0 saturated heterocycles. The Hall–Kier alpha value is -2.06. The number of urea groups is 1. The highest BCUT2D eigenvalue weighted by Crippen LogP contribution is 2.39. The first-order valence-electron chi connectivity index (χ1n) is 6.75. The number of amides is 2. The highest BCUT2D eigenvalue weighted by Gasteiger charge is 2.36. The van der Waals surface area contributed by atoms with Gasteiger partial charge in [0.15, 0.2) is 0 Å². The molecule has 0 aromatic heterocycles. The number of aryl methyl sites for hydroxylation is 1. The van der Waals surface area contributed by atoms with Crippen LogP contribution in [-0.2, 0) is 0 Å². The molecule has 1 aliphatic carbocycles. The molecule has 5 nitrogen and oxygen atoms in total. The Balaban J connectivity index is 1.90. The zero-order valence-corrected chi connectivity index (χ0v) is 11.6. The van der Waals surface area contributed by atoms with Gasteiger partial charge in [-0.3, -0.25) is 0 Å². The van der Waals surface area contributed by atoms with Gasteiger partial charge in [0.1, 0.15) is 0 Å². The smallest absolute Gasteiger partial charge is 0.319 e. The van der Waals surface area contributed by atoms with Crippen LogP contribution < -0.4 is 10.6 Å². The molecule has 1 aromatic rings. The second-order valence-corrected chi connectivity index (χ2v) is 5.46. The predicted octanol–water partition coefficient (Wildman–Crippen LogP) is 2.15. The molecule has 3 N–H and O–H groups in total. The van der Waals surface area contributed by atoms with Crippen LogP contribution in [0.25, 0.3) is 0 Å². The maximum atomic E-state index is 11.8. The molecule has 0 atom stereocenters. The van der Waals surface area contributed by atoms with E-state index in [1.54, 1.807) is 18.2 Å². The number of benzene rings is 1. The molecule has 0 unspecified atom stereocenters. The summed E-state index contributed by atoms with van der Waals surface area (Å²) < 4.78 is 0. The Labute approximate surface area is 118 Å². The minimum atomic E-state index is -0.308. The molecule has 2 rings (SSSR count). The van der Waals surface area contributed by atoms with Crippen molar-refractivity contribution in [2.75, 3.05) is 18.5 Å². The molecular formula is C15H19N3O2. The van der Waals surface area contributed by atoms with Crippen LogP contribution in [0.1, 0.15) is 30.4 Å². The lowest BCUT2D eigenvalue weighted by Crippen LogP contribution is -2.45. The molecule has 5 heteroatoms. The largest absolute Gasteiger partial charge is 0.396 e. The van der Waals surface area contributed by atoms with Crippen molar-refractivity contribution in [3.8, 4) is 6.07 Å². The van der Waals surface area contributed by atoms with Crippen molar-refractivity contribution < 1.29 is 9.90 Å². The number of carbonyl (C=O) groups is 1. The highest BCUT2D eigenvalue weighted by atomic mass is 16.3. The van der Waals surface area contributed by atoms with Crippen molar-refractivity contribution in [2.24, 2.45) is 5.41 Å². The monoisotopic (exact) mass is 273 g/mol. The Morgan fingerprint density at radius 2 is 2.25 bits per heavy atom. The zero-order chi connectivity index (χ0) is 14.6. The Kier molecular flexibility index (Phi) is 4.26. The van der Waals surface area contributed by atoms with Crippen LogP contribution in [0.5, 0.6) is 0 Å². The van der Waals surface area contributed by atoms with Crippen LogP contribution in [0, 0.1) is 23.7 Å². The lowest BCUT2D eigenvalue weighted by molar-refractivity contribution is 0.0476. The van der Waals surface area contributed by atoms with Crippen LogP contribution in [-0.4, -0.2) is 24.3 Å². The molecule has 1 aromatic carbocycles. The first kappa shape index (κ1) is 14.4. The summed E-state index contributed by atoms with van der Waals surface area (Å²) in [7, 11) is 0. The first-order valence-corrected chi connectivity index (χ1v) is 6.75. The molecule has 106 valence electrons. The summed E-state index contributed by atoms with van der Waals surface area (Å²) in [6.07, 6.45) is 3.01. The predicted molar refractivity (Wildman–Crippen MR) is 76.3 cm³/mol. The normalized spacial score (nSPS) is 15.8. The van der Waals surface area contributed by atoms with E-state index in [1.807, 2.05) is 6.92 Å². The van der Waals surface area contributed by atoms with Gasteiger partial charge in [0.25, 0.3) is 0 Å². The third-order valence-corrected chi connectivity index (χ3v) is 3.99. The fourth-order valence-corrected chi connectivity index (χ4v) is 2.33. The van der Waals surface area contributed by atoms with Gasteiger partial charge in [0, 0.05) is 17.6 Å². The number of hydrogen-bond acceptors (Lipinski definition) is 3. The van der Waals surface area contributed by atoms with Gasteiger partial charge in [-0.25, -0.2) is 4.79 Å². The van der Waals surface area contributed by atoms with E-state index in [2.05, 4.69) is 16.7 Å². The van der Waals surface area contributed by atoms with Crippen LogP contribution >= 0.6 is 0 Å². The van der Waals surface area contributed by atoms with E-state index in [0.29, 0.717) is 17.8 Å². The molecule has 0 radical (unpaired) electrons. The van der Waals surface area contributed by atoms with Crippen molar-refractivity contribution in [1.82, 2.24) is 5.32 Å². The number of nitrogens with zero attached hydrogens (tertiary/aromatic N) is 1. The van der Waals surface area contributed by atoms with E-state index in [-0.39, 0.29) is 18.1 Å². The molecule has 0 bridgehead atoms. The van der Waals surface area contributed by atoms with E-state index in [1.165, 1.54) is 0 Å². The quantitative estimate of drug-likeness (QED) is 0.785. The van der Waals surface area contributed by atoms with Gasteiger partial charge in [-0.15, -0.1) is 0 Å². The molecule has 1 saturated carbocycles. The third-order valence-electron chi connectivity index (χ3n) is 3.99. The van der Waals surface area contributed by atoms with Crippen molar-refractivity contribution in [3.05, 3.63) is 29.3 Å². The molecule has 0 spiro atoms. The second kappa shape index (κ2) is 5.93. The van der Waals surface area contributed by atoms with Crippen LogP contribution in [0.15, 0.2) is 18.2 Å². The van der Waals surface area contributed by atoms with Crippen molar-refractivity contribution in [3.63, 3.8) is 0 Å². The lowest BCUT2D eigenvalue weighted by atomic mass is 9.69. The van der Waals surface area contributed by atoms with Crippen LogP contribution in [0.4, 0.5) is 10.5 Å². The molecule has 0 heterocycles. The van der Waals surface area contributed by atoms with E-state index in [4.69, 9.17) is 5.26 Å². The number of aliphatic hydroxyl groups excluding tert-OH is 1. The summed E-state index contributed by atoms with van der Waals surface area (Å²) in [5.74, 6) is 0. The summed E-state index contributed by atoms with van der Waals surface area (Å²) >= 11 is 0. The Morgan fingerprint density at radius 1 is 1.50 bits per heavy atom. The molecule has 1 aliphatic rings. The van der Waals surface area contributed by atoms with E-state index in [9.17, 15) is 9.90 Å². The van der Waals surface area contributed by atoms with Gasteiger partial charge < -0.3 is 15.7 Å². The number of nitrogens with one attached hydrogen (secondary N) is 2. The zero-order valence-electron chi connectivity index (χ0n) is 11.6. The maximum Gasteiger partial charge on any atom is 0.319 e. The van der Waals surface area contributed by atoms with Gasteiger partial charge in [0.2, 0.25) is 0 Å². The minimum absolute atomic E-state index is 0.108. The Morgan fingerprint density at radius 3 is 2.80 bits per heavy atom. The topological polar surface area (TPSA) is 85.2 Å². The number of anilines is 1. The number of aliphatic hydroxyl groups is 1. The van der Waals surface area contributed by atoms with Crippen LogP contribution in [0.2, 0.25) is 0 Å². The average molecular weight is 273 g/mol. The highest BCUT2D eigenvalue weighted by molar-refractivity contribution is 5.89. The first-order chi connectivity index (χ1) is 9.58. The van der Waals surface area contributed by atoms with E-state index >= 15 is 0 Å². The van der Waals surface area contributed by atoms with Crippen LogP contribution in [0.3, 0.4) is 0 Å². The summed E-state index contributed by atoms with van der Waals surface area (Å²) in [5, 5.41) is 23.8. The summed E-state index contributed by atoms with van der Waals surface area (Å²) in [4.78, 5) is 11.8. The lowest BCUT2D eigenvalue weighted by Gasteiger charge is -2.40. The standard InChI is InChI=1S/C15H19N3O2/c1-11-3-4-13(7-12(11)8-16)18-14(20)17-9-15(10-19)5-2-6-15/h3-4,7,19H,2,5-6,9-10H2,1H3,(H2,17,18,20). The molecule has 1 fully saturated rings. The number of rotatable bonds is 4. The number of carbonyl (C=O) groups excluding carboxylic acids is 1. The third kappa shape index (κ3) is 3.09. The van der Waals surface area contributed by atoms with Crippen molar-refractivity contribution >= 4 is 11.7 Å². The fraction of sp³-hybridized carbons (Fsp3) is 0.467. The number of nitriles is 1. The van der Waals surface area contributed by atoms with E-state index < -0.39 is 0 Å². The summed E-state index contributed by atoms with van der Waals surface area (Å²) in [6.45, 7) is 2.44. The molecule has 20 heavy (non-hydrogen) atoms. The number of hydrogen-bond donors (Lipinski definition) is 3. The molecule has 0 aliphatic heterocycles. The second-order valence-electron chi connectivity index (χ2n) is 5.46. The fourth-order valence-electron chi connectivity index (χ4n) is 2.33. The van der Waals surface area contributed by atoms with Crippen molar-refractivity contribution in [1.29, 1.82) is 5.26 Å². The Bertz CT molecular complexity index is 539. The summed E-state index contributed by atoms with van der Waals surface area (Å²) in [5.41, 5.74) is 1.89. The van der Waals surface area contributed by atoms with Gasteiger partial charge in [-0.2, -0.15) is 5.26 Å². The van der Waals surface area contributed by atoms with Gasteiger partial charge in [-0.1, -0.05) is 12.5 Å². The average Bonchev–Trinajstić information content (AvgIpc) is 2.40. The minimum Gasteiger partial charge on any atom is -0.396 e. The maximum absolute atomic E-state index is 11.8. The molecule has 2 amide bonds. The van der Waals surface area contributed by atoms with Gasteiger partial charge in [0.05, 0.1) is 18.2 Å². The van der Waals surface area contributed by atoms with Gasteiger partial charge >= 0.3 is 6.03 Å².